The molecule has 0 aliphatic rings. The molecule has 0 fully saturated rings. The van der Waals surface area contributed by atoms with Crippen LogP contribution in [0.15, 0.2) is 47.3 Å². The van der Waals surface area contributed by atoms with Crippen LogP contribution < -0.4 is 14.9 Å². The minimum atomic E-state index is -0.550. The van der Waals surface area contributed by atoms with Gasteiger partial charge in [0.25, 0.3) is 0 Å². The van der Waals surface area contributed by atoms with E-state index >= 15 is 0 Å². The summed E-state index contributed by atoms with van der Waals surface area (Å²) >= 11 is 0. The Bertz CT molecular complexity index is 1030. The Kier molecular flexibility index (Phi) is 5.30. The van der Waals surface area contributed by atoms with E-state index in [4.69, 9.17) is 14.2 Å². The van der Waals surface area contributed by atoms with Crippen LogP contribution in [-0.4, -0.2) is 36.4 Å². The first-order valence-electron chi connectivity index (χ1n) is 8.36. The second kappa shape index (κ2) is 7.82. The van der Waals surface area contributed by atoms with E-state index in [-0.39, 0.29) is 46.8 Å². The minimum absolute atomic E-state index is 0.0787. The number of hydrogen-bond acceptors (Lipinski definition) is 6. The predicted octanol–water partition coefficient (Wildman–Crippen LogP) is 2.85. The molecule has 7 nitrogen and oxygen atoms in total. The number of fused-ring (bicyclic) bond motifs is 1. The molecule has 0 amide bonds. The van der Waals surface area contributed by atoms with E-state index in [2.05, 4.69) is 4.98 Å². The average molecular weight is 369 g/mol. The molecule has 0 saturated heterocycles. The number of aromatic hydroxyl groups is 1. The van der Waals surface area contributed by atoms with Crippen LogP contribution in [0.3, 0.4) is 0 Å². The number of H-pyrrole nitrogens is 1. The molecule has 0 atom stereocenters. The Morgan fingerprint density at radius 3 is 2.59 bits per heavy atom. The zero-order valence-electron chi connectivity index (χ0n) is 14.9. The molecule has 27 heavy (non-hydrogen) atoms. The van der Waals surface area contributed by atoms with Crippen molar-refractivity contribution in [3.05, 3.63) is 52.7 Å². The molecule has 0 unspecified atom stereocenters. The maximum Gasteiger partial charge on any atom is 0.344 e. The molecule has 3 aromatic rings. The zero-order valence-corrected chi connectivity index (χ0v) is 14.9. The summed E-state index contributed by atoms with van der Waals surface area (Å²) in [7, 11) is 1.41. The molecule has 0 saturated carbocycles. The number of ether oxygens (including phenoxy) is 3. The molecule has 0 spiro atoms. The molecular weight excluding hydrogens is 350 g/mol. The van der Waals surface area contributed by atoms with Gasteiger partial charge in [0.05, 0.1) is 19.1 Å². The van der Waals surface area contributed by atoms with Crippen molar-refractivity contribution in [3.8, 4) is 28.5 Å². The number of carbonyl (C=O) groups is 1. The molecule has 0 aliphatic carbocycles. The van der Waals surface area contributed by atoms with Crippen LogP contribution >= 0.6 is 0 Å². The number of nitrogens with one attached hydrogen (secondary N) is 1. The maximum atomic E-state index is 12.6. The van der Waals surface area contributed by atoms with Crippen molar-refractivity contribution in [1.82, 2.24) is 4.98 Å². The topological polar surface area (TPSA) is 97.9 Å². The van der Waals surface area contributed by atoms with Gasteiger partial charge < -0.3 is 24.3 Å². The summed E-state index contributed by atoms with van der Waals surface area (Å²) < 4.78 is 15.7. The Morgan fingerprint density at radius 2 is 1.93 bits per heavy atom. The lowest BCUT2D eigenvalue weighted by Crippen LogP contribution is -2.15. The van der Waals surface area contributed by atoms with Gasteiger partial charge in [0.15, 0.2) is 23.5 Å². The monoisotopic (exact) mass is 369 g/mol. The van der Waals surface area contributed by atoms with Crippen LogP contribution in [0.2, 0.25) is 0 Å². The maximum absolute atomic E-state index is 12.6. The average Bonchev–Trinajstić information content (AvgIpc) is 2.67. The first-order valence-corrected chi connectivity index (χ1v) is 8.36. The number of hydrogen-bond donors (Lipinski definition) is 2. The van der Waals surface area contributed by atoms with Crippen LogP contribution in [-0.2, 0) is 9.53 Å². The van der Waals surface area contributed by atoms with Crippen LogP contribution in [0.1, 0.15) is 6.92 Å². The number of aromatic nitrogens is 1. The van der Waals surface area contributed by atoms with Gasteiger partial charge in [0.1, 0.15) is 11.3 Å². The fourth-order valence-corrected chi connectivity index (χ4v) is 2.79. The molecule has 140 valence electrons. The summed E-state index contributed by atoms with van der Waals surface area (Å²) in [6.45, 7) is 1.57. The Balaban J connectivity index is 2.14. The van der Waals surface area contributed by atoms with E-state index in [1.165, 1.54) is 19.2 Å². The molecular formula is C20H19NO6. The third kappa shape index (κ3) is 3.72. The standard InChI is InChI=1S/C20H19NO6/c1-3-26-17(24)11-27-16-10-15(23)18-14(22)9-13(12-7-5-4-6-8-12)21-19(18)20(16)25-2/h4-10,23H,3,11H2,1-2H3,(H,21,22). The number of phenolic OH excluding ortho intramolecular Hbond substituents is 1. The van der Waals surface area contributed by atoms with Crippen LogP contribution in [0.4, 0.5) is 0 Å². The van der Waals surface area contributed by atoms with Crippen molar-refractivity contribution in [2.24, 2.45) is 0 Å². The Hall–Kier alpha value is -3.48. The van der Waals surface area contributed by atoms with Crippen molar-refractivity contribution >= 4 is 16.9 Å². The van der Waals surface area contributed by atoms with Crippen molar-refractivity contribution in [2.75, 3.05) is 20.3 Å². The number of rotatable bonds is 6. The molecule has 3 rings (SSSR count). The van der Waals surface area contributed by atoms with Gasteiger partial charge in [-0.1, -0.05) is 30.3 Å². The second-order valence-electron chi connectivity index (χ2n) is 5.68. The third-order valence-electron chi connectivity index (χ3n) is 3.95. The van der Waals surface area contributed by atoms with Gasteiger partial charge in [0.2, 0.25) is 0 Å². The highest BCUT2D eigenvalue weighted by atomic mass is 16.6. The zero-order chi connectivity index (χ0) is 19.4. The number of carbonyl (C=O) groups excluding carboxylic acids is 1. The number of benzene rings is 2. The Labute approximate surface area is 155 Å². The van der Waals surface area contributed by atoms with Crippen molar-refractivity contribution < 1.29 is 24.1 Å². The lowest BCUT2D eigenvalue weighted by Gasteiger charge is -2.14. The van der Waals surface area contributed by atoms with Crippen molar-refractivity contribution in [2.45, 2.75) is 6.92 Å². The highest BCUT2D eigenvalue weighted by molar-refractivity contribution is 5.93. The lowest BCUT2D eigenvalue weighted by molar-refractivity contribution is -0.145. The summed E-state index contributed by atoms with van der Waals surface area (Å²) in [5, 5.41) is 10.4. The number of phenols is 1. The second-order valence-corrected chi connectivity index (χ2v) is 5.68. The number of pyridine rings is 1. The van der Waals surface area contributed by atoms with Crippen LogP contribution in [0.5, 0.6) is 17.2 Å². The molecule has 2 N–H and O–H groups in total. The van der Waals surface area contributed by atoms with E-state index in [1.807, 2.05) is 30.3 Å². The normalized spacial score (nSPS) is 10.6. The van der Waals surface area contributed by atoms with Crippen LogP contribution in [0.25, 0.3) is 22.2 Å². The van der Waals surface area contributed by atoms with Gasteiger partial charge in [-0.2, -0.15) is 0 Å². The fourth-order valence-electron chi connectivity index (χ4n) is 2.79. The molecule has 0 aliphatic heterocycles. The first-order chi connectivity index (χ1) is 13.0. The highest BCUT2D eigenvalue weighted by Gasteiger charge is 2.19. The molecule has 7 heteroatoms. The largest absolute Gasteiger partial charge is 0.507 e. The quantitative estimate of drug-likeness (QED) is 0.649. The predicted molar refractivity (Wildman–Crippen MR) is 100 cm³/mol. The molecule has 2 aromatic carbocycles. The van der Waals surface area contributed by atoms with E-state index in [9.17, 15) is 14.7 Å². The van der Waals surface area contributed by atoms with Gasteiger partial charge in [-0.25, -0.2) is 4.79 Å². The SMILES string of the molecule is CCOC(=O)COc1cc(O)c2c(=O)cc(-c3ccccc3)[nH]c2c1OC. The van der Waals surface area contributed by atoms with E-state index in [0.717, 1.165) is 5.56 Å². The fraction of sp³-hybridized carbons (Fsp3) is 0.200. The summed E-state index contributed by atoms with van der Waals surface area (Å²) in [5.41, 5.74) is 1.28. The third-order valence-corrected chi connectivity index (χ3v) is 3.95. The van der Waals surface area contributed by atoms with Gasteiger partial charge in [-0.15, -0.1) is 0 Å². The van der Waals surface area contributed by atoms with Crippen molar-refractivity contribution in [3.63, 3.8) is 0 Å². The number of esters is 1. The van der Waals surface area contributed by atoms with Crippen LogP contribution in [0, 0.1) is 0 Å². The smallest absolute Gasteiger partial charge is 0.344 e. The van der Waals surface area contributed by atoms with E-state index < -0.39 is 5.97 Å². The lowest BCUT2D eigenvalue weighted by atomic mass is 10.1. The van der Waals surface area contributed by atoms with Gasteiger partial charge in [-0.05, 0) is 12.5 Å². The molecule has 0 bridgehead atoms. The summed E-state index contributed by atoms with van der Waals surface area (Å²) in [6, 6.07) is 11.9. The molecule has 1 aromatic heterocycles. The number of methoxy groups -OCH3 is 1. The summed E-state index contributed by atoms with van der Waals surface area (Å²) in [6.07, 6.45) is 0. The molecule has 1 heterocycles. The first kappa shape index (κ1) is 18.3. The summed E-state index contributed by atoms with van der Waals surface area (Å²) in [4.78, 5) is 27.2. The Morgan fingerprint density at radius 1 is 1.19 bits per heavy atom. The molecule has 0 radical (unpaired) electrons. The van der Waals surface area contributed by atoms with Gasteiger partial charge in [0, 0.05) is 17.8 Å². The van der Waals surface area contributed by atoms with E-state index in [0.29, 0.717) is 5.69 Å². The highest BCUT2D eigenvalue weighted by Crippen LogP contribution is 2.39. The number of aromatic amines is 1. The van der Waals surface area contributed by atoms with Crippen molar-refractivity contribution in [1.29, 1.82) is 0 Å². The van der Waals surface area contributed by atoms with E-state index in [1.54, 1.807) is 6.92 Å². The minimum Gasteiger partial charge on any atom is -0.507 e. The van der Waals surface area contributed by atoms with Gasteiger partial charge in [-0.3, -0.25) is 4.79 Å². The van der Waals surface area contributed by atoms with Gasteiger partial charge >= 0.3 is 5.97 Å². The summed E-state index contributed by atoms with van der Waals surface area (Å²) in [5.74, 6) is -0.491.